The van der Waals surface area contributed by atoms with Crippen LogP contribution in [0.2, 0.25) is 0 Å². The molecule has 1 heterocycles. The van der Waals surface area contributed by atoms with E-state index in [4.69, 9.17) is 5.73 Å². The van der Waals surface area contributed by atoms with Crippen LogP contribution in [0.4, 0.5) is 15.8 Å². The van der Waals surface area contributed by atoms with Crippen molar-refractivity contribution in [2.24, 2.45) is 10.7 Å². The standard InChI is InChI=1S/C19H20FN3/c1-12-6-4-7-15(10-12)23-14(3)22-19-16(8-5-9-17(19)20)18(23)11-13(2)21/h4-10,18H,2,11,21H2,1,3H3. The minimum absolute atomic E-state index is 0.113. The summed E-state index contributed by atoms with van der Waals surface area (Å²) >= 11 is 0. The van der Waals surface area contributed by atoms with Gasteiger partial charge < -0.3 is 10.6 Å². The van der Waals surface area contributed by atoms with E-state index in [1.165, 1.54) is 6.07 Å². The molecule has 0 aromatic heterocycles. The molecular weight excluding hydrogens is 289 g/mol. The lowest BCUT2D eigenvalue weighted by molar-refractivity contribution is 0.614. The Balaban J connectivity index is 2.17. The number of halogens is 1. The molecule has 0 fully saturated rings. The number of amidine groups is 1. The Bertz CT molecular complexity index is 795. The summed E-state index contributed by atoms with van der Waals surface area (Å²) in [5.41, 5.74) is 9.87. The van der Waals surface area contributed by atoms with Crippen LogP contribution in [0.15, 0.2) is 59.7 Å². The highest BCUT2D eigenvalue weighted by Crippen LogP contribution is 2.41. The van der Waals surface area contributed by atoms with Gasteiger partial charge in [0.05, 0.1) is 6.04 Å². The number of hydrogen-bond acceptors (Lipinski definition) is 3. The highest BCUT2D eigenvalue weighted by Gasteiger charge is 2.30. The van der Waals surface area contributed by atoms with E-state index in [0.717, 1.165) is 22.6 Å². The van der Waals surface area contributed by atoms with Gasteiger partial charge in [-0.2, -0.15) is 0 Å². The minimum atomic E-state index is -0.307. The van der Waals surface area contributed by atoms with E-state index in [2.05, 4.69) is 22.5 Å². The smallest absolute Gasteiger partial charge is 0.149 e. The number of aryl methyl sites for hydroxylation is 1. The number of anilines is 1. The molecule has 3 rings (SSSR count). The summed E-state index contributed by atoms with van der Waals surface area (Å²) in [6, 6.07) is 13.1. The van der Waals surface area contributed by atoms with Crippen LogP contribution < -0.4 is 10.6 Å². The van der Waals surface area contributed by atoms with Gasteiger partial charge in [-0.3, -0.25) is 0 Å². The third-order valence-electron chi connectivity index (χ3n) is 4.05. The first kappa shape index (κ1) is 15.3. The third kappa shape index (κ3) is 2.84. The largest absolute Gasteiger partial charge is 0.402 e. The van der Waals surface area contributed by atoms with Gasteiger partial charge in [-0.05, 0) is 37.6 Å². The molecule has 23 heavy (non-hydrogen) atoms. The zero-order valence-corrected chi connectivity index (χ0v) is 13.4. The molecule has 1 aliphatic heterocycles. The maximum Gasteiger partial charge on any atom is 0.149 e. The van der Waals surface area contributed by atoms with Crippen molar-refractivity contribution >= 4 is 17.2 Å². The van der Waals surface area contributed by atoms with E-state index in [9.17, 15) is 4.39 Å². The number of nitrogens with zero attached hydrogens (tertiary/aromatic N) is 2. The molecule has 2 aromatic rings. The summed E-state index contributed by atoms with van der Waals surface area (Å²) in [5, 5.41) is 0. The van der Waals surface area contributed by atoms with Crippen molar-refractivity contribution in [1.82, 2.24) is 0 Å². The van der Waals surface area contributed by atoms with Gasteiger partial charge in [0, 0.05) is 23.4 Å². The van der Waals surface area contributed by atoms with Crippen molar-refractivity contribution in [3.63, 3.8) is 0 Å². The van der Waals surface area contributed by atoms with Crippen LogP contribution in [0.1, 0.15) is 30.5 Å². The van der Waals surface area contributed by atoms with E-state index >= 15 is 0 Å². The molecule has 0 saturated carbocycles. The predicted molar refractivity (Wildman–Crippen MR) is 93.5 cm³/mol. The van der Waals surface area contributed by atoms with Crippen molar-refractivity contribution in [3.8, 4) is 0 Å². The average Bonchev–Trinajstić information content (AvgIpc) is 2.48. The van der Waals surface area contributed by atoms with E-state index in [1.54, 1.807) is 6.07 Å². The number of hydrogen-bond donors (Lipinski definition) is 1. The third-order valence-corrected chi connectivity index (χ3v) is 4.05. The monoisotopic (exact) mass is 309 g/mol. The van der Waals surface area contributed by atoms with Gasteiger partial charge in [-0.15, -0.1) is 0 Å². The molecule has 0 aliphatic carbocycles. The van der Waals surface area contributed by atoms with Gasteiger partial charge in [0.25, 0.3) is 0 Å². The molecule has 1 aliphatic rings. The molecule has 0 bridgehead atoms. The van der Waals surface area contributed by atoms with E-state index in [1.807, 2.05) is 38.1 Å². The highest BCUT2D eigenvalue weighted by molar-refractivity contribution is 6.00. The molecule has 0 spiro atoms. The van der Waals surface area contributed by atoms with Gasteiger partial charge in [0.15, 0.2) is 0 Å². The average molecular weight is 309 g/mol. The van der Waals surface area contributed by atoms with Crippen molar-refractivity contribution in [2.45, 2.75) is 26.3 Å². The second-order valence-corrected chi connectivity index (χ2v) is 5.92. The fourth-order valence-corrected chi connectivity index (χ4v) is 3.09. The van der Waals surface area contributed by atoms with Crippen LogP contribution in [-0.4, -0.2) is 5.84 Å². The van der Waals surface area contributed by atoms with Crippen molar-refractivity contribution < 1.29 is 4.39 Å². The van der Waals surface area contributed by atoms with Crippen LogP contribution in [-0.2, 0) is 0 Å². The zero-order chi connectivity index (χ0) is 16.6. The topological polar surface area (TPSA) is 41.6 Å². The summed E-state index contributed by atoms with van der Waals surface area (Å²) in [4.78, 5) is 6.59. The Morgan fingerprint density at radius 2 is 2.00 bits per heavy atom. The Morgan fingerprint density at radius 1 is 1.26 bits per heavy atom. The van der Waals surface area contributed by atoms with Crippen LogP contribution in [0, 0.1) is 12.7 Å². The van der Waals surface area contributed by atoms with E-state index in [0.29, 0.717) is 17.8 Å². The molecule has 1 atom stereocenters. The van der Waals surface area contributed by atoms with Gasteiger partial charge in [-0.25, -0.2) is 9.38 Å². The SMILES string of the molecule is C=C(N)CC1c2cccc(F)c2N=C(C)N1c1cccc(C)c1. The molecule has 2 aromatic carbocycles. The minimum Gasteiger partial charge on any atom is -0.402 e. The Kier molecular flexibility index (Phi) is 3.90. The summed E-state index contributed by atoms with van der Waals surface area (Å²) in [7, 11) is 0. The van der Waals surface area contributed by atoms with E-state index in [-0.39, 0.29) is 11.9 Å². The summed E-state index contributed by atoms with van der Waals surface area (Å²) < 4.78 is 14.2. The Morgan fingerprint density at radius 3 is 2.70 bits per heavy atom. The van der Waals surface area contributed by atoms with Crippen LogP contribution in [0.5, 0.6) is 0 Å². The molecule has 4 heteroatoms. The Hall–Kier alpha value is -2.62. The second kappa shape index (κ2) is 5.88. The lowest BCUT2D eigenvalue weighted by atomic mass is 9.95. The number of fused-ring (bicyclic) bond motifs is 1. The second-order valence-electron chi connectivity index (χ2n) is 5.92. The Labute approximate surface area is 136 Å². The van der Waals surface area contributed by atoms with Gasteiger partial charge >= 0.3 is 0 Å². The van der Waals surface area contributed by atoms with Gasteiger partial charge in [0.2, 0.25) is 0 Å². The molecule has 0 saturated heterocycles. The number of benzene rings is 2. The van der Waals surface area contributed by atoms with Crippen molar-refractivity contribution in [2.75, 3.05) is 4.90 Å². The lowest BCUT2D eigenvalue weighted by Crippen LogP contribution is -2.36. The summed E-state index contributed by atoms with van der Waals surface area (Å²) in [6.07, 6.45) is 0.539. The first-order valence-electron chi connectivity index (χ1n) is 7.60. The quantitative estimate of drug-likeness (QED) is 0.899. The molecular formula is C19H20FN3. The zero-order valence-electron chi connectivity index (χ0n) is 13.4. The van der Waals surface area contributed by atoms with E-state index < -0.39 is 0 Å². The lowest BCUT2D eigenvalue weighted by Gasteiger charge is -2.37. The predicted octanol–water partition coefficient (Wildman–Crippen LogP) is 4.61. The first-order chi connectivity index (χ1) is 11.0. The molecule has 1 unspecified atom stereocenters. The maximum atomic E-state index is 14.2. The molecule has 0 radical (unpaired) electrons. The highest BCUT2D eigenvalue weighted by atomic mass is 19.1. The molecule has 2 N–H and O–H groups in total. The normalized spacial score (nSPS) is 16.7. The van der Waals surface area contributed by atoms with Crippen molar-refractivity contribution in [1.29, 1.82) is 0 Å². The molecule has 3 nitrogen and oxygen atoms in total. The maximum absolute atomic E-state index is 14.2. The fourth-order valence-electron chi connectivity index (χ4n) is 3.09. The summed E-state index contributed by atoms with van der Waals surface area (Å²) in [5.74, 6) is 0.442. The van der Waals surface area contributed by atoms with Crippen LogP contribution >= 0.6 is 0 Å². The fraction of sp³-hybridized carbons (Fsp3) is 0.211. The number of rotatable bonds is 3. The van der Waals surface area contributed by atoms with Crippen LogP contribution in [0.3, 0.4) is 0 Å². The number of para-hydroxylation sites is 1. The van der Waals surface area contributed by atoms with Gasteiger partial charge in [-0.1, -0.05) is 30.8 Å². The molecule has 118 valence electrons. The summed E-state index contributed by atoms with van der Waals surface area (Å²) in [6.45, 7) is 7.77. The number of nitrogens with two attached hydrogens (primary N) is 1. The first-order valence-corrected chi connectivity index (χ1v) is 7.60. The van der Waals surface area contributed by atoms with Crippen molar-refractivity contribution in [3.05, 3.63) is 71.7 Å². The van der Waals surface area contributed by atoms with Crippen LogP contribution in [0.25, 0.3) is 0 Å². The van der Waals surface area contributed by atoms with Gasteiger partial charge in [0.1, 0.15) is 17.3 Å². The number of aliphatic imine (C=N–C) groups is 1. The molecule has 0 amide bonds.